The Morgan fingerprint density at radius 2 is 2.00 bits per heavy atom. The van der Waals surface area contributed by atoms with Gasteiger partial charge in [0, 0.05) is 17.8 Å². The number of nitrogens with two attached hydrogens (primary N) is 1. The first-order chi connectivity index (χ1) is 10.5. The standard InChI is InChI=1S/C16H13FN2O3/c1-22-16(21)11-5-4-9(12-7-19-15(20)14(11)12)10-3-2-8(18)6-13(10)17/h2-6H,7,18H2,1H3,(H,19,20). The molecule has 0 saturated heterocycles. The van der Waals surface area contributed by atoms with Crippen LogP contribution in [0.5, 0.6) is 0 Å². The third-order valence-corrected chi connectivity index (χ3v) is 3.65. The van der Waals surface area contributed by atoms with Gasteiger partial charge >= 0.3 is 5.97 Å². The highest BCUT2D eigenvalue weighted by molar-refractivity contribution is 6.09. The lowest BCUT2D eigenvalue weighted by molar-refractivity contribution is 0.0597. The Morgan fingerprint density at radius 1 is 1.27 bits per heavy atom. The van der Waals surface area contributed by atoms with Crippen LogP contribution in [0.15, 0.2) is 30.3 Å². The predicted octanol–water partition coefficient (Wildman–Crippen LogP) is 2.10. The van der Waals surface area contributed by atoms with Gasteiger partial charge in [-0.2, -0.15) is 0 Å². The summed E-state index contributed by atoms with van der Waals surface area (Å²) in [5.41, 5.74) is 7.75. The van der Waals surface area contributed by atoms with Crippen molar-refractivity contribution in [2.45, 2.75) is 6.54 Å². The molecule has 3 N–H and O–H groups in total. The number of anilines is 1. The van der Waals surface area contributed by atoms with E-state index in [1.165, 1.54) is 19.2 Å². The van der Waals surface area contributed by atoms with Crippen molar-refractivity contribution in [3.8, 4) is 11.1 Å². The number of benzene rings is 2. The second kappa shape index (κ2) is 5.14. The molecule has 1 amide bonds. The molecule has 3 rings (SSSR count). The number of hydrogen-bond acceptors (Lipinski definition) is 4. The maximum absolute atomic E-state index is 14.2. The molecule has 112 valence electrons. The molecule has 5 nitrogen and oxygen atoms in total. The van der Waals surface area contributed by atoms with E-state index in [4.69, 9.17) is 5.73 Å². The van der Waals surface area contributed by atoms with Gasteiger partial charge in [-0.1, -0.05) is 6.07 Å². The van der Waals surface area contributed by atoms with Crippen LogP contribution in [0, 0.1) is 5.82 Å². The van der Waals surface area contributed by atoms with Crippen LogP contribution >= 0.6 is 0 Å². The van der Waals surface area contributed by atoms with Gasteiger partial charge in [0.05, 0.1) is 18.2 Å². The Morgan fingerprint density at radius 3 is 2.68 bits per heavy atom. The molecule has 0 saturated carbocycles. The highest BCUT2D eigenvalue weighted by Gasteiger charge is 2.29. The normalized spacial score (nSPS) is 12.7. The smallest absolute Gasteiger partial charge is 0.338 e. The number of halogens is 1. The van der Waals surface area contributed by atoms with Crippen molar-refractivity contribution >= 4 is 17.6 Å². The van der Waals surface area contributed by atoms with Gasteiger partial charge in [0.15, 0.2) is 0 Å². The lowest BCUT2D eigenvalue weighted by Gasteiger charge is -2.11. The highest BCUT2D eigenvalue weighted by Crippen LogP contribution is 2.33. The molecule has 0 aromatic heterocycles. The monoisotopic (exact) mass is 300 g/mol. The summed E-state index contributed by atoms with van der Waals surface area (Å²) in [6.07, 6.45) is 0. The maximum Gasteiger partial charge on any atom is 0.338 e. The molecule has 2 aromatic rings. The van der Waals surface area contributed by atoms with Gasteiger partial charge in [0.1, 0.15) is 5.82 Å². The van der Waals surface area contributed by atoms with E-state index in [0.29, 0.717) is 22.4 Å². The lowest BCUT2D eigenvalue weighted by atomic mass is 9.93. The molecule has 6 heteroatoms. The van der Waals surface area contributed by atoms with E-state index in [1.54, 1.807) is 18.2 Å². The first-order valence-electron chi connectivity index (χ1n) is 6.60. The van der Waals surface area contributed by atoms with Crippen LogP contribution in [0.25, 0.3) is 11.1 Å². The molecule has 1 aliphatic rings. The Kier molecular flexibility index (Phi) is 3.29. The number of rotatable bonds is 2. The van der Waals surface area contributed by atoms with Crippen LogP contribution in [0.3, 0.4) is 0 Å². The number of esters is 1. The Hall–Kier alpha value is -2.89. The highest BCUT2D eigenvalue weighted by atomic mass is 19.1. The minimum Gasteiger partial charge on any atom is -0.465 e. The Labute approximate surface area is 125 Å². The van der Waals surface area contributed by atoms with Crippen molar-refractivity contribution in [2.75, 3.05) is 12.8 Å². The molecular formula is C16H13FN2O3. The summed E-state index contributed by atoms with van der Waals surface area (Å²) in [5.74, 6) is -1.45. The lowest BCUT2D eigenvalue weighted by Crippen LogP contribution is -2.15. The van der Waals surface area contributed by atoms with E-state index in [9.17, 15) is 14.0 Å². The average Bonchev–Trinajstić information content (AvgIpc) is 2.89. The Balaban J connectivity index is 2.23. The fraction of sp³-hybridized carbons (Fsp3) is 0.125. The number of methoxy groups -OCH3 is 1. The summed E-state index contributed by atoms with van der Waals surface area (Å²) in [4.78, 5) is 23.8. The van der Waals surface area contributed by atoms with Crippen LogP contribution in [0.1, 0.15) is 26.3 Å². The second-order valence-electron chi connectivity index (χ2n) is 4.93. The quantitative estimate of drug-likeness (QED) is 0.657. The van der Waals surface area contributed by atoms with Crippen molar-refractivity contribution in [2.24, 2.45) is 0 Å². The van der Waals surface area contributed by atoms with E-state index in [-0.39, 0.29) is 23.6 Å². The largest absolute Gasteiger partial charge is 0.465 e. The van der Waals surface area contributed by atoms with E-state index >= 15 is 0 Å². The fourth-order valence-electron chi connectivity index (χ4n) is 2.63. The molecule has 0 fully saturated rings. The number of nitrogen functional groups attached to an aromatic ring is 1. The fourth-order valence-corrected chi connectivity index (χ4v) is 2.63. The molecule has 1 aliphatic heterocycles. The molecule has 2 aromatic carbocycles. The van der Waals surface area contributed by atoms with Crippen LogP contribution in [0.4, 0.5) is 10.1 Å². The molecule has 0 spiro atoms. The minimum absolute atomic E-state index is 0.173. The number of amides is 1. The zero-order chi connectivity index (χ0) is 15.9. The van der Waals surface area contributed by atoms with Gasteiger partial charge < -0.3 is 15.8 Å². The summed E-state index contributed by atoms with van der Waals surface area (Å²) < 4.78 is 18.8. The molecule has 22 heavy (non-hydrogen) atoms. The SMILES string of the molecule is COC(=O)c1ccc(-c2ccc(N)cc2F)c2c1C(=O)NC2. The number of ether oxygens (including phenoxy) is 1. The molecular weight excluding hydrogens is 287 g/mol. The van der Waals surface area contributed by atoms with E-state index in [1.807, 2.05) is 0 Å². The van der Waals surface area contributed by atoms with Crippen LogP contribution in [-0.2, 0) is 11.3 Å². The summed E-state index contributed by atoms with van der Waals surface area (Å²) in [7, 11) is 1.25. The van der Waals surface area contributed by atoms with E-state index in [2.05, 4.69) is 10.1 Å². The first-order valence-corrected chi connectivity index (χ1v) is 6.60. The van der Waals surface area contributed by atoms with Crippen molar-refractivity contribution in [1.29, 1.82) is 0 Å². The molecule has 0 bridgehead atoms. The van der Waals surface area contributed by atoms with Crippen LogP contribution in [0.2, 0.25) is 0 Å². The van der Waals surface area contributed by atoms with Gasteiger partial charge in [-0.3, -0.25) is 4.79 Å². The first kappa shape index (κ1) is 14.1. The van der Waals surface area contributed by atoms with E-state index < -0.39 is 11.8 Å². The summed E-state index contributed by atoms with van der Waals surface area (Å²) in [6.45, 7) is 0.234. The van der Waals surface area contributed by atoms with Gasteiger partial charge in [0.2, 0.25) is 0 Å². The van der Waals surface area contributed by atoms with Gasteiger partial charge in [-0.25, -0.2) is 9.18 Å². The summed E-state index contributed by atoms with van der Waals surface area (Å²) in [6, 6.07) is 7.45. The maximum atomic E-state index is 14.2. The van der Waals surface area contributed by atoms with Crippen LogP contribution < -0.4 is 11.1 Å². The number of carbonyl (C=O) groups is 2. The summed E-state index contributed by atoms with van der Waals surface area (Å²) >= 11 is 0. The van der Waals surface area contributed by atoms with Crippen molar-refractivity contribution < 1.29 is 18.7 Å². The molecule has 0 unspecified atom stereocenters. The minimum atomic E-state index is -0.599. The van der Waals surface area contributed by atoms with Crippen molar-refractivity contribution in [3.63, 3.8) is 0 Å². The zero-order valence-corrected chi connectivity index (χ0v) is 11.8. The Bertz CT molecular complexity index is 802. The summed E-state index contributed by atoms with van der Waals surface area (Å²) in [5, 5.41) is 2.65. The number of fused-ring (bicyclic) bond motifs is 1. The van der Waals surface area contributed by atoms with E-state index in [0.717, 1.165) is 0 Å². The molecule has 0 radical (unpaired) electrons. The van der Waals surface area contributed by atoms with Crippen LogP contribution in [-0.4, -0.2) is 19.0 Å². The molecule has 0 atom stereocenters. The van der Waals surface area contributed by atoms with Crippen molar-refractivity contribution in [3.05, 3.63) is 52.8 Å². The van der Waals surface area contributed by atoms with Gasteiger partial charge in [-0.05, 0) is 35.4 Å². The number of carbonyl (C=O) groups excluding carboxylic acids is 2. The zero-order valence-electron chi connectivity index (χ0n) is 11.8. The topological polar surface area (TPSA) is 81.4 Å². The van der Waals surface area contributed by atoms with Gasteiger partial charge in [0.25, 0.3) is 5.91 Å². The number of nitrogens with one attached hydrogen (secondary N) is 1. The third kappa shape index (κ3) is 2.09. The number of hydrogen-bond donors (Lipinski definition) is 2. The average molecular weight is 300 g/mol. The second-order valence-corrected chi connectivity index (χ2v) is 4.93. The van der Waals surface area contributed by atoms with Gasteiger partial charge in [-0.15, -0.1) is 0 Å². The predicted molar refractivity (Wildman–Crippen MR) is 78.8 cm³/mol. The third-order valence-electron chi connectivity index (χ3n) is 3.65. The molecule has 1 heterocycles. The molecule has 0 aliphatic carbocycles. The van der Waals surface area contributed by atoms with Crippen molar-refractivity contribution in [1.82, 2.24) is 5.32 Å².